The molecule has 7 nitrogen and oxygen atoms in total. The summed E-state index contributed by atoms with van der Waals surface area (Å²) >= 11 is 0. The fourth-order valence-electron chi connectivity index (χ4n) is 2.36. The summed E-state index contributed by atoms with van der Waals surface area (Å²) in [5.74, 6) is -2.03. The molecule has 1 aromatic rings. The summed E-state index contributed by atoms with van der Waals surface area (Å²) in [7, 11) is -3.30. The van der Waals surface area contributed by atoms with Crippen LogP contribution in [0, 0.1) is 0 Å². The standard InChI is InChI=1S/C15H19FN2O5S/c1-2-24(22,23)17-9-11-3-5-12(6-4-11)13(19)18-8-7-15(16,10-18)14(20)21/h3-6,17H,2,7-10H2,1H3,(H,20,21). The van der Waals surface area contributed by atoms with E-state index >= 15 is 0 Å². The zero-order chi connectivity index (χ0) is 18.0. The lowest BCUT2D eigenvalue weighted by atomic mass is 10.1. The summed E-state index contributed by atoms with van der Waals surface area (Å²) in [6, 6.07) is 6.22. The molecule has 0 aliphatic carbocycles. The van der Waals surface area contributed by atoms with Crippen LogP contribution in [0.25, 0.3) is 0 Å². The summed E-state index contributed by atoms with van der Waals surface area (Å²) in [4.78, 5) is 24.3. The quantitative estimate of drug-likeness (QED) is 0.781. The van der Waals surface area contributed by atoms with E-state index in [0.29, 0.717) is 11.1 Å². The third-order valence-electron chi connectivity index (χ3n) is 3.97. The highest BCUT2D eigenvalue weighted by molar-refractivity contribution is 7.89. The first-order valence-corrected chi connectivity index (χ1v) is 9.10. The highest BCUT2D eigenvalue weighted by Gasteiger charge is 2.46. The molecule has 132 valence electrons. The molecule has 0 radical (unpaired) electrons. The van der Waals surface area contributed by atoms with Crippen LogP contribution >= 0.6 is 0 Å². The number of nitrogens with one attached hydrogen (secondary N) is 1. The summed E-state index contributed by atoms with van der Waals surface area (Å²) in [6.07, 6.45) is -0.231. The fourth-order valence-corrected chi connectivity index (χ4v) is 2.95. The number of aliphatic carboxylic acids is 1. The van der Waals surface area contributed by atoms with Gasteiger partial charge in [0.05, 0.1) is 12.3 Å². The summed E-state index contributed by atoms with van der Waals surface area (Å²) in [5.41, 5.74) is -1.42. The van der Waals surface area contributed by atoms with Crippen molar-refractivity contribution < 1.29 is 27.5 Å². The summed E-state index contributed by atoms with van der Waals surface area (Å²) < 4.78 is 39.2. The Morgan fingerprint density at radius 1 is 1.33 bits per heavy atom. The van der Waals surface area contributed by atoms with E-state index < -0.39 is 34.1 Å². The SMILES string of the molecule is CCS(=O)(=O)NCc1ccc(C(=O)N2CCC(F)(C(=O)O)C2)cc1. The van der Waals surface area contributed by atoms with Crippen molar-refractivity contribution in [2.75, 3.05) is 18.8 Å². The van der Waals surface area contributed by atoms with E-state index in [-0.39, 0.29) is 25.3 Å². The van der Waals surface area contributed by atoms with Crippen LogP contribution in [0.15, 0.2) is 24.3 Å². The average Bonchev–Trinajstić information content (AvgIpc) is 2.97. The Morgan fingerprint density at radius 3 is 2.46 bits per heavy atom. The van der Waals surface area contributed by atoms with E-state index in [1.165, 1.54) is 24.0 Å². The first-order valence-electron chi connectivity index (χ1n) is 7.45. The zero-order valence-electron chi connectivity index (χ0n) is 13.2. The highest BCUT2D eigenvalue weighted by atomic mass is 32.2. The highest BCUT2D eigenvalue weighted by Crippen LogP contribution is 2.27. The van der Waals surface area contributed by atoms with Crippen molar-refractivity contribution in [3.8, 4) is 0 Å². The Kier molecular flexibility index (Phi) is 5.24. The Hall–Kier alpha value is -2.00. The zero-order valence-corrected chi connectivity index (χ0v) is 14.0. The number of benzene rings is 1. The van der Waals surface area contributed by atoms with E-state index in [1.54, 1.807) is 12.1 Å². The van der Waals surface area contributed by atoms with Crippen LogP contribution in [0.5, 0.6) is 0 Å². The number of sulfonamides is 1. The van der Waals surface area contributed by atoms with E-state index in [4.69, 9.17) is 5.11 Å². The number of carbonyl (C=O) groups excluding carboxylic acids is 1. The van der Waals surface area contributed by atoms with E-state index in [0.717, 1.165) is 0 Å². The molecule has 1 aromatic carbocycles. The average molecular weight is 358 g/mol. The fraction of sp³-hybridized carbons (Fsp3) is 0.467. The van der Waals surface area contributed by atoms with Gasteiger partial charge in [-0.2, -0.15) is 0 Å². The molecular weight excluding hydrogens is 339 g/mol. The van der Waals surface area contributed by atoms with Crippen LogP contribution in [0.4, 0.5) is 4.39 Å². The molecule has 1 unspecified atom stereocenters. The largest absolute Gasteiger partial charge is 0.479 e. The molecule has 1 aliphatic heterocycles. The lowest BCUT2D eigenvalue weighted by molar-refractivity contribution is -0.149. The number of alkyl halides is 1. The number of carboxylic acid groups (broad SMARTS) is 1. The number of nitrogens with zero attached hydrogens (tertiary/aromatic N) is 1. The molecule has 0 bridgehead atoms. The molecule has 1 heterocycles. The molecule has 0 aromatic heterocycles. The Labute approximate surface area is 139 Å². The number of amides is 1. The molecule has 9 heteroatoms. The van der Waals surface area contributed by atoms with E-state index in [2.05, 4.69) is 4.72 Å². The first-order chi connectivity index (χ1) is 11.2. The first kappa shape index (κ1) is 18.3. The second-order valence-electron chi connectivity index (χ2n) is 5.67. The topological polar surface area (TPSA) is 104 Å². The van der Waals surface area contributed by atoms with Gasteiger partial charge in [-0.3, -0.25) is 4.79 Å². The van der Waals surface area contributed by atoms with Gasteiger partial charge in [0, 0.05) is 25.1 Å². The minimum atomic E-state index is -3.30. The molecule has 2 rings (SSSR count). The number of halogens is 1. The minimum Gasteiger partial charge on any atom is -0.479 e. The Balaban J connectivity index is 2.01. The maximum atomic E-state index is 14.0. The van der Waals surface area contributed by atoms with Crippen LogP contribution in [0.2, 0.25) is 0 Å². The molecule has 0 spiro atoms. The van der Waals surface area contributed by atoms with Crippen molar-refractivity contribution >= 4 is 21.9 Å². The van der Waals surface area contributed by atoms with E-state index in [9.17, 15) is 22.4 Å². The van der Waals surface area contributed by atoms with Gasteiger partial charge in [-0.1, -0.05) is 12.1 Å². The summed E-state index contributed by atoms with van der Waals surface area (Å²) in [5, 5.41) is 8.86. The Morgan fingerprint density at radius 2 is 1.96 bits per heavy atom. The molecular formula is C15H19FN2O5S. The third kappa shape index (κ3) is 4.09. The van der Waals surface area contributed by atoms with Gasteiger partial charge in [-0.05, 0) is 24.6 Å². The van der Waals surface area contributed by atoms with Crippen LogP contribution in [-0.4, -0.2) is 54.8 Å². The number of rotatable bonds is 6. The lowest BCUT2D eigenvalue weighted by Crippen LogP contribution is -2.38. The second-order valence-corrected chi connectivity index (χ2v) is 7.76. The van der Waals surface area contributed by atoms with Crippen molar-refractivity contribution in [1.29, 1.82) is 0 Å². The molecule has 24 heavy (non-hydrogen) atoms. The monoisotopic (exact) mass is 358 g/mol. The minimum absolute atomic E-state index is 0.0207. The van der Waals surface area contributed by atoms with Gasteiger partial charge < -0.3 is 10.0 Å². The third-order valence-corrected chi connectivity index (χ3v) is 5.31. The van der Waals surface area contributed by atoms with Crippen LogP contribution in [0.1, 0.15) is 29.3 Å². The predicted molar refractivity (Wildman–Crippen MR) is 84.7 cm³/mol. The van der Waals surface area contributed by atoms with Crippen LogP contribution in [-0.2, 0) is 21.4 Å². The molecule has 1 atom stereocenters. The maximum absolute atomic E-state index is 14.0. The van der Waals surface area contributed by atoms with Gasteiger partial charge in [0.2, 0.25) is 15.7 Å². The van der Waals surface area contributed by atoms with Crippen LogP contribution in [0.3, 0.4) is 0 Å². The molecule has 1 aliphatic rings. The van der Waals surface area contributed by atoms with Crippen molar-refractivity contribution in [2.45, 2.75) is 25.6 Å². The van der Waals surface area contributed by atoms with E-state index in [1.807, 2.05) is 0 Å². The second kappa shape index (κ2) is 6.86. The van der Waals surface area contributed by atoms with Gasteiger partial charge in [0.1, 0.15) is 0 Å². The molecule has 1 amide bonds. The lowest BCUT2D eigenvalue weighted by Gasteiger charge is -2.18. The van der Waals surface area contributed by atoms with Crippen LogP contribution < -0.4 is 4.72 Å². The smallest absolute Gasteiger partial charge is 0.343 e. The maximum Gasteiger partial charge on any atom is 0.343 e. The number of carboxylic acids is 1. The Bertz CT molecular complexity index is 735. The van der Waals surface area contributed by atoms with Gasteiger partial charge in [-0.15, -0.1) is 0 Å². The number of hydrogen-bond donors (Lipinski definition) is 2. The molecule has 1 saturated heterocycles. The number of carbonyl (C=O) groups is 2. The predicted octanol–water partition coefficient (Wildman–Crippen LogP) is 0.765. The molecule has 0 saturated carbocycles. The molecule has 1 fully saturated rings. The van der Waals surface area contributed by atoms with Gasteiger partial charge in [-0.25, -0.2) is 22.3 Å². The number of hydrogen-bond acceptors (Lipinski definition) is 4. The van der Waals surface area contributed by atoms with Gasteiger partial charge in [0.25, 0.3) is 5.91 Å². The molecule has 2 N–H and O–H groups in total. The normalized spacial score (nSPS) is 21.0. The van der Waals surface area contributed by atoms with Crippen molar-refractivity contribution in [3.63, 3.8) is 0 Å². The van der Waals surface area contributed by atoms with Crippen molar-refractivity contribution in [1.82, 2.24) is 9.62 Å². The number of likely N-dealkylation sites (tertiary alicyclic amines) is 1. The van der Waals surface area contributed by atoms with Gasteiger partial charge >= 0.3 is 5.97 Å². The van der Waals surface area contributed by atoms with Gasteiger partial charge in [0.15, 0.2) is 0 Å². The van der Waals surface area contributed by atoms with Crippen molar-refractivity contribution in [2.24, 2.45) is 0 Å². The summed E-state index contributed by atoms with van der Waals surface area (Å²) in [6.45, 7) is 1.21. The van der Waals surface area contributed by atoms with Crippen molar-refractivity contribution in [3.05, 3.63) is 35.4 Å².